The molecule has 17 heavy (non-hydrogen) atoms. The first-order chi connectivity index (χ1) is 8.04. The number of thiocarbonyl (C=S) groups is 1. The second kappa shape index (κ2) is 4.30. The molecule has 0 saturated heterocycles. The molecule has 0 aliphatic carbocycles. The monoisotopic (exact) mass is 255 g/mol. The van der Waals surface area contributed by atoms with Crippen LogP contribution in [0.25, 0.3) is 0 Å². The molecule has 0 amide bonds. The van der Waals surface area contributed by atoms with Gasteiger partial charge in [0.1, 0.15) is 0 Å². The van der Waals surface area contributed by atoms with Crippen LogP contribution in [-0.2, 0) is 20.0 Å². The highest BCUT2D eigenvalue weighted by molar-refractivity contribution is 7.80. The zero-order valence-corrected chi connectivity index (χ0v) is 10.1. The number of fused-ring (bicyclic) bond motifs is 1. The molecule has 1 aliphatic rings. The minimum Gasteiger partial charge on any atom is -0.477 e. The topological polar surface area (TPSA) is 96.4 Å². The van der Waals surface area contributed by atoms with Crippen LogP contribution in [0, 0.1) is 0 Å². The molecule has 2 heterocycles. The van der Waals surface area contributed by atoms with Crippen LogP contribution in [-0.4, -0.2) is 37.4 Å². The Morgan fingerprint density at radius 2 is 2.35 bits per heavy atom. The minimum atomic E-state index is -0.977. The maximum absolute atomic E-state index is 11.1. The molecule has 7 nitrogen and oxygen atoms in total. The van der Waals surface area contributed by atoms with E-state index in [1.165, 1.54) is 4.68 Å². The van der Waals surface area contributed by atoms with Crippen LogP contribution in [0.4, 0.5) is 0 Å². The normalized spacial score (nSPS) is 14.4. The Labute approximate surface area is 103 Å². The minimum absolute atomic E-state index is 0.213. The predicted molar refractivity (Wildman–Crippen MR) is 64.2 cm³/mol. The van der Waals surface area contributed by atoms with E-state index >= 15 is 0 Å². The van der Waals surface area contributed by atoms with E-state index in [1.54, 1.807) is 7.05 Å². The van der Waals surface area contributed by atoms with Gasteiger partial charge in [0.05, 0.1) is 5.69 Å². The molecule has 0 saturated carbocycles. The molecule has 8 heteroatoms. The fraction of sp³-hybridized carbons (Fsp3) is 0.444. The molecule has 2 rings (SSSR count). The number of nitrogens with one attached hydrogen (secondary N) is 1. The highest BCUT2D eigenvalue weighted by Gasteiger charge is 2.27. The summed E-state index contributed by atoms with van der Waals surface area (Å²) in [4.78, 5) is 13.0. The average Bonchev–Trinajstić information content (AvgIpc) is 2.62. The van der Waals surface area contributed by atoms with Crippen LogP contribution in [0.3, 0.4) is 0 Å². The van der Waals surface area contributed by atoms with E-state index in [0.717, 1.165) is 5.69 Å². The third-order valence-corrected chi connectivity index (χ3v) is 3.19. The Kier molecular flexibility index (Phi) is 2.99. The lowest BCUT2D eigenvalue weighted by atomic mass is 10.1. The molecule has 1 aromatic rings. The second-order valence-corrected chi connectivity index (χ2v) is 4.21. The van der Waals surface area contributed by atoms with E-state index in [1.807, 2.05) is 4.90 Å². The van der Waals surface area contributed by atoms with Crippen molar-refractivity contribution in [2.24, 2.45) is 12.9 Å². The molecular weight excluding hydrogens is 242 g/mol. The Morgan fingerprint density at radius 1 is 1.65 bits per heavy atom. The third-order valence-electron chi connectivity index (χ3n) is 2.81. The predicted octanol–water partition coefficient (Wildman–Crippen LogP) is -0.775. The molecule has 0 aromatic carbocycles. The zero-order chi connectivity index (χ0) is 12.6. The van der Waals surface area contributed by atoms with Crippen molar-refractivity contribution in [2.45, 2.75) is 13.0 Å². The number of carboxylic acid groups (broad SMARTS) is 1. The lowest BCUT2D eigenvalue weighted by molar-refractivity contribution is 0.0683. The highest BCUT2D eigenvalue weighted by atomic mass is 32.1. The van der Waals surface area contributed by atoms with Gasteiger partial charge in [-0.2, -0.15) is 5.10 Å². The smallest absolute Gasteiger partial charge is 0.354 e. The Bertz CT molecular complexity index is 484. The first kappa shape index (κ1) is 11.8. The molecule has 4 N–H and O–H groups in total. The Morgan fingerprint density at radius 3 is 2.94 bits per heavy atom. The van der Waals surface area contributed by atoms with Gasteiger partial charge < -0.3 is 15.4 Å². The summed E-state index contributed by atoms with van der Waals surface area (Å²) >= 11 is 5.04. The van der Waals surface area contributed by atoms with Crippen molar-refractivity contribution in [1.29, 1.82) is 0 Å². The molecule has 0 radical (unpaired) electrons. The van der Waals surface area contributed by atoms with E-state index < -0.39 is 5.97 Å². The molecule has 0 spiro atoms. The van der Waals surface area contributed by atoms with Crippen LogP contribution in [0.2, 0.25) is 0 Å². The lowest BCUT2D eigenvalue weighted by Gasteiger charge is -2.28. The van der Waals surface area contributed by atoms with Gasteiger partial charge in [-0.25, -0.2) is 10.6 Å². The molecule has 1 aromatic heterocycles. The first-order valence-corrected chi connectivity index (χ1v) is 5.49. The first-order valence-electron chi connectivity index (χ1n) is 5.08. The number of aromatic nitrogens is 2. The number of nitrogens with two attached hydrogens (primary N) is 1. The van der Waals surface area contributed by atoms with Gasteiger partial charge in [-0.3, -0.25) is 4.68 Å². The number of hydrazine groups is 1. The summed E-state index contributed by atoms with van der Waals surface area (Å²) in [5.41, 5.74) is 4.15. The summed E-state index contributed by atoms with van der Waals surface area (Å²) < 4.78 is 1.40. The average molecular weight is 255 g/mol. The van der Waals surface area contributed by atoms with Crippen LogP contribution in [0.5, 0.6) is 0 Å². The maximum Gasteiger partial charge on any atom is 0.354 e. The summed E-state index contributed by atoms with van der Waals surface area (Å²) in [5.74, 6) is 4.28. The summed E-state index contributed by atoms with van der Waals surface area (Å²) in [6, 6.07) is 0. The largest absolute Gasteiger partial charge is 0.477 e. The van der Waals surface area contributed by atoms with Gasteiger partial charge >= 0.3 is 5.97 Å². The fourth-order valence-corrected chi connectivity index (χ4v) is 2.19. The summed E-state index contributed by atoms with van der Waals surface area (Å²) in [6.07, 6.45) is 0.665. The number of carbonyl (C=O) groups is 1. The molecule has 0 atom stereocenters. The van der Waals surface area contributed by atoms with Gasteiger partial charge in [-0.15, -0.1) is 0 Å². The SMILES string of the molecule is Cn1nc2c(c1C(=O)O)CN(C(=S)NN)CC2. The van der Waals surface area contributed by atoms with E-state index in [0.29, 0.717) is 30.2 Å². The maximum atomic E-state index is 11.1. The van der Waals surface area contributed by atoms with Gasteiger partial charge in [0.2, 0.25) is 0 Å². The van der Waals surface area contributed by atoms with Gasteiger partial charge in [-0.1, -0.05) is 0 Å². The van der Waals surface area contributed by atoms with E-state index in [4.69, 9.17) is 23.2 Å². The number of hydrogen-bond acceptors (Lipinski definition) is 4. The summed E-state index contributed by atoms with van der Waals surface area (Å²) in [7, 11) is 1.63. The molecule has 1 aliphatic heterocycles. The number of carboxylic acids is 1. The molecule has 0 unspecified atom stereocenters. The van der Waals surface area contributed by atoms with E-state index in [-0.39, 0.29) is 5.69 Å². The van der Waals surface area contributed by atoms with E-state index in [2.05, 4.69) is 10.5 Å². The number of aryl methyl sites for hydroxylation is 1. The number of hydrogen-bond donors (Lipinski definition) is 3. The van der Waals surface area contributed by atoms with Crippen LogP contribution >= 0.6 is 12.2 Å². The third kappa shape index (κ3) is 1.96. The van der Waals surface area contributed by atoms with Gasteiger partial charge in [0, 0.05) is 32.1 Å². The molecule has 92 valence electrons. The number of aromatic carboxylic acids is 1. The summed E-state index contributed by atoms with van der Waals surface area (Å²) in [5, 5.41) is 13.8. The van der Waals surface area contributed by atoms with E-state index in [9.17, 15) is 4.79 Å². The van der Waals surface area contributed by atoms with Crippen molar-refractivity contribution in [3.05, 3.63) is 17.0 Å². The zero-order valence-electron chi connectivity index (χ0n) is 9.30. The van der Waals surface area contributed by atoms with Crippen LogP contribution < -0.4 is 11.3 Å². The van der Waals surface area contributed by atoms with Crippen molar-refractivity contribution < 1.29 is 9.90 Å². The lowest BCUT2D eigenvalue weighted by Crippen LogP contribution is -2.45. The molecule has 0 fully saturated rings. The van der Waals surface area contributed by atoms with Crippen molar-refractivity contribution in [3.63, 3.8) is 0 Å². The second-order valence-electron chi connectivity index (χ2n) is 3.82. The van der Waals surface area contributed by atoms with Gasteiger partial charge in [0.25, 0.3) is 0 Å². The standard InChI is InChI=1S/C9H13N5O2S/c1-13-7(8(15)16)5-4-14(9(17)11-10)3-2-6(5)12-13/h2-4,10H2,1H3,(H,11,17)(H,15,16). The fourth-order valence-electron chi connectivity index (χ4n) is 2.03. The van der Waals surface area contributed by atoms with Gasteiger partial charge in [-0.05, 0) is 12.2 Å². The highest BCUT2D eigenvalue weighted by Crippen LogP contribution is 2.21. The summed E-state index contributed by atoms with van der Waals surface area (Å²) in [6.45, 7) is 1.11. The van der Waals surface area contributed by atoms with Gasteiger partial charge in [0.15, 0.2) is 10.8 Å². The van der Waals surface area contributed by atoms with Crippen LogP contribution in [0.15, 0.2) is 0 Å². The van der Waals surface area contributed by atoms with Crippen molar-refractivity contribution in [2.75, 3.05) is 6.54 Å². The Balaban J connectivity index is 2.36. The van der Waals surface area contributed by atoms with Crippen molar-refractivity contribution in [1.82, 2.24) is 20.1 Å². The molecule has 0 bridgehead atoms. The quantitative estimate of drug-likeness (QED) is 0.344. The van der Waals surface area contributed by atoms with Crippen LogP contribution in [0.1, 0.15) is 21.7 Å². The Hall–Kier alpha value is -1.67. The van der Waals surface area contributed by atoms with Crippen molar-refractivity contribution in [3.8, 4) is 0 Å². The number of nitrogens with zero attached hydrogens (tertiary/aromatic N) is 3. The van der Waals surface area contributed by atoms with Crippen molar-refractivity contribution >= 4 is 23.3 Å². The number of rotatable bonds is 1. The molecular formula is C9H13N5O2S.